The van der Waals surface area contributed by atoms with Crippen molar-refractivity contribution in [1.82, 2.24) is 0 Å². The van der Waals surface area contributed by atoms with Crippen LogP contribution in [-0.4, -0.2) is 18.0 Å². The van der Waals surface area contributed by atoms with E-state index >= 15 is 0 Å². The molecular weight excluding hydrogens is 218 g/mol. The van der Waals surface area contributed by atoms with Crippen LogP contribution in [0.4, 0.5) is 0 Å². The number of nitriles is 1. The van der Waals surface area contributed by atoms with E-state index in [4.69, 9.17) is 10.00 Å². The molecule has 0 bridgehead atoms. The number of benzene rings is 1. The number of hydrogen-bond donors (Lipinski definition) is 0. The van der Waals surface area contributed by atoms with E-state index in [1.807, 2.05) is 23.9 Å². The lowest BCUT2D eigenvalue weighted by atomic mass is 9.91. The average Bonchev–Trinajstić information content (AvgIpc) is 2.66. The third-order valence-corrected chi connectivity index (χ3v) is 5.04. The number of rotatable bonds is 0. The Morgan fingerprint density at radius 3 is 2.88 bits per heavy atom. The van der Waals surface area contributed by atoms with Crippen LogP contribution in [0, 0.1) is 11.3 Å². The minimum Gasteiger partial charge on any atom is -0.381 e. The summed E-state index contributed by atoms with van der Waals surface area (Å²) in [6.07, 6.45) is 3.37. The molecule has 2 aliphatic heterocycles. The standard InChI is InChI=1S/C13H13NOS/c14-9-10-1-2-12-11(7-10)8-13(16-12)3-5-15-6-4-13/h1-2,7H,3-6,8H2. The lowest BCUT2D eigenvalue weighted by Crippen LogP contribution is -2.32. The number of hydrogen-bond acceptors (Lipinski definition) is 3. The largest absolute Gasteiger partial charge is 0.381 e. The van der Waals surface area contributed by atoms with E-state index in [1.165, 1.54) is 10.5 Å². The molecule has 0 amide bonds. The molecule has 2 aliphatic rings. The molecule has 3 rings (SSSR count). The first-order chi connectivity index (χ1) is 7.81. The highest BCUT2D eigenvalue weighted by atomic mass is 32.2. The van der Waals surface area contributed by atoms with Gasteiger partial charge in [0, 0.05) is 22.9 Å². The van der Waals surface area contributed by atoms with Gasteiger partial charge in [-0.1, -0.05) is 0 Å². The SMILES string of the molecule is N#Cc1ccc2c(c1)CC1(CCOCC1)S2. The van der Waals surface area contributed by atoms with Crippen molar-refractivity contribution in [2.24, 2.45) is 0 Å². The third-order valence-electron chi connectivity index (χ3n) is 3.43. The minimum absolute atomic E-state index is 0.356. The third kappa shape index (κ3) is 1.63. The molecule has 1 fully saturated rings. The fraction of sp³-hybridized carbons (Fsp3) is 0.462. The summed E-state index contributed by atoms with van der Waals surface area (Å²) in [5, 5.41) is 8.89. The van der Waals surface area contributed by atoms with Crippen LogP contribution in [0.1, 0.15) is 24.0 Å². The smallest absolute Gasteiger partial charge is 0.0991 e. The molecule has 82 valence electrons. The van der Waals surface area contributed by atoms with Crippen molar-refractivity contribution in [3.63, 3.8) is 0 Å². The second kappa shape index (κ2) is 3.80. The molecule has 1 aromatic rings. The van der Waals surface area contributed by atoms with Crippen LogP contribution in [0.3, 0.4) is 0 Å². The molecule has 0 saturated carbocycles. The van der Waals surface area contributed by atoms with Gasteiger partial charge in [-0.25, -0.2) is 0 Å². The number of fused-ring (bicyclic) bond motifs is 1. The zero-order valence-corrected chi connectivity index (χ0v) is 9.85. The second-order valence-corrected chi connectivity index (χ2v) is 6.02. The molecule has 1 saturated heterocycles. The molecule has 0 N–H and O–H groups in total. The van der Waals surface area contributed by atoms with Gasteiger partial charge in [0.1, 0.15) is 0 Å². The molecule has 3 heteroatoms. The van der Waals surface area contributed by atoms with Crippen molar-refractivity contribution < 1.29 is 4.74 Å². The Balaban J connectivity index is 1.91. The first-order valence-corrected chi connectivity index (χ1v) is 6.43. The van der Waals surface area contributed by atoms with Gasteiger partial charge in [0.15, 0.2) is 0 Å². The maximum Gasteiger partial charge on any atom is 0.0991 e. The average molecular weight is 231 g/mol. The van der Waals surface area contributed by atoms with Crippen LogP contribution in [-0.2, 0) is 11.2 Å². The molecule has 0 radical (unpaired) electrons. The number of thioether (sulfide) groups is 1. The highest BCUT2D eigenvalue weighted by molar-refractivity contribution is 8.01. The Hall–Kier alpha value is -0.980. The summed E-state index contributed by atoms with van der Waals surface area (Å²) >= 11 is 1.99. The Morgan fingerprint density at radius 2 is 2.12 bits per heavy atom. The lowest BCUT2D eigenvalue weighted by molar-refractivity contribution is 0.0782. The highest BCUT2D eigenvalue weighted by Crippen LogP contribution is 2.50. The molecule has 2 heterocycles. The van der Waals surface area contributed by atoms with Crippen molar-refractivity contribution >= 4 is 11.8 Å². The Bertz CT molecular complexity index is 457. The minimum atomic E-state index is 0.356. The first-order valence-electron chi connectivity index (χ1n) is 5.61. The summed E-state index contributed by atoms with van der Waals surface area (Å²) < 4.78 is 5.79. The van der Waals surface area contributed by atoms with E-state index in [-0.39, 0.29) is 0 Å². The van der Waals surface area contributed by atoms with Gasteiger partial charge in [-0.15, -0.1) is 11.8 Å². The van der Waals surface area contributed by atoms with Crippen LogP contribution >= 0.6 is 11.8 Å². The van der Waals surface area contributed by atoms with Crippen LogP contribution in [0.15, 0.2) is 23.1 Å². The molecule has 2 nitrogen and oxygen atoms in total. The number of ether oxygens (including phenoxy) is 1. The van der Waals surface area contributed by atoms with E-state index in [1.54, 1.807) is 0 Å². The first kappa shape index (κ1) is 10.2. The zero-order chi connectivity index (χ0) is 11.0. The molecule has 0 unspecified atom stereocenters. The van der Waals surface area contributed by atoms with Gasteiger partial charge >= 0.3 is 0 Å². The summed E-state index contributed by atoms with van der Waals surface area (Å²) in [6.45, 7) is 1.76. The zero-order valence-electron chi connectivity index (χ0n) is 9.03. The molecular formula is C13H13NOS. The van der Waals surface area contributed by atoms with Crippen LogP contribution in [0.2, 0.25) is 0 Å². The van der Waals surface area contributed by atoms with Crippen LogP contribution in [0.5, 0.6) is 0 Å². The number of nitrogens with zero attached hydrogens (tertiary/aromatic N) is 1. The van der Waals surface area contributed by atoms with Gasteiger partial charge in [-0.3, -0.25) is 0 Å². The van der Waals surface area contributed by atoms with Crippen molar-refractivity contribution in [1.29, 1.82) is 5.26 Å². The fourth-order valence-electron chi connectivity index (χ4n) is 2.53. The van der Waals surface area contributed by atoms with Crippen LogP contribution in [0.25, 0.3) is 0 Å². The van der Waals surface area contributed by atoms with E-state index in [2.05, 4.69) is 12.1 Å². The predicted octanol–water partition coefficient (Wildman–Crippen LogP) is 2.76. The van der Waals surface area contributed by atoms with Crippen molar-refractivity contribution in [3.05, 3.63) is 29.3 Å². The lowest BCUT2D eigenvalue weighted by Gasteiger charge is -2.32. The van der Waals surface area contributed by atoms with Gasteiger partial charge < -0.3 is 4.74 Å². The van der Waals surface area contributed by atoms with Gasteiger partial charge in [0.25, 0.3) is 0 Å². The summed E-state index contributed by atoms with van der Waals surface area (Å²) in [7, 11) is 0. The molecule has 16 heavy (non-hydrogen) atoms. The molecule has 0 aliphatic carbocycles. The van der Waals surface area contributed by atoms with Crippen molar-refractivity contribution in [2.75, 3.05) is 13.2 Å². The van der Waals surface area contributed by atoms with E-state index in [0.29, 0.717) is 4.75 Å². The summed E-state index contributed by atoms with van der Waals surface area (Å²) in [4.78, 5) is 1.36. The Kier molecular flexibility index (Phi) is 2.42. The Labute approximate surface area is 99.6 Å². The van der Waals surface area contributed by atoms with Crippen molar-refractivity contribution in [3.8, 4) is 6.07 Å². The normalized spacial score (nSPS) is 21.7. The van der Waals surface area contributed by atoms with Gasteiger partial charge in [-0.05, 0) is 43.0 Å². The monoisotopic (exact) mass is 231 g/mol. The highest BCUT2D eigenvalue weighted by Gasteiger charge is 2.39. The topological polar surface area (TPSA) is 33.0 Å². The molecule has 0 atom stereocenters. The van der Waals surface area contributed by atoms with Gasteiger partial charge in [-0.2, -0.15) is 5.26 Å². The predicted molar refractivity (Wildman–Crippen MR) is 63.5 cm³/mol. The Morgan fingerprint density at radius 1 is 1.31 bits per heavy atom. The van der Waals surface area contributed by atoms with Gasteiger partial charge in [0.05, 0.1) is 11.6 Å². The van der Waals surface area contributed by atoms with Crippen molar-refractivity contribution in [2.45, 2.75) is 28.9 Å². The van der Waals surface area contributed by atoms with Gasteiger partial charge in [0.2, 0.25) is 0 Å². The van der Waals surface area contributed by atoms with E-state index in [0.717, 1.165) is 38.0 Å². The quantitative estimate of drug-likeness (QED) is 0.688. The summed E-state index contributed by atoms with van der Waals surface area (Å²) in [5.74, 6) is 0. The fourth-order valence-corrected chi connectivity index (χ4v) is 3.99. The maximum atomic E-state index is 8.89. The molecule has 1 spiro atoms. The van der Waals surface area contributed by atoms with E-state index < -0.39 is 0 Å². The van der Waals surface area contributed by atoms with Crippen LogP contribution < -0.4 is 0 Å². The molecule has 1 aromatic carbocycles. The second-order valence-electron chi connectivity index (χ2n) is 4.51. The summed E-state index contributed by atoms with van der Waals surface area (Å²) in [5.41, 5.74) is 2.13. The van der Waals surface area contributed by atoms with E-state index in [9.17, 15) is 0 Å². The maximum absolute atomic E-state index is 8.89. The summed E-state index contributed by atoms with van der Waals surface area (Å²) in [6, 6.07) is 8.28. The molecule has 0 aromatic heterocycles.